The van der Waals surface area contributed by atoms with Gasteiger partial charge in [-0.2, -0.15) is 0 Å². The van der Waals surface area contributed by atoms with Gasteiger partial charge in [0.15, 0.2) is 24.8 Å². The van der Waals surface area contributed by atoms with E-state index in [2.05, 4.69) is 55.5 Å². The van der Waals surface area contributed by atoms with E-state index in [-0.39, 0.29) is 0 Å². The van der Waals surface area contributed by atoms with Gasteiger partial charge in [0.25, 0.3) is 0 Å². The molecule has 0 aliphatic carbocycles. The van der Waals surface area contributed by atoms with Crippen LogP contribution < -0.4 is 9.13 Å². The Kier molecular flexibility index (Phi) is 2.77. The van der Waals surface area contributed by atoms with Crippen LogP contribution in [0, 0.1) is 6.42 Å². The number of aromatic nitrogens is 2. The Morgan fingerprint density at radius 1 is 0.733 bits per heavy atom. The van der Waals surface area contributed by atoms with Gasteiger partial charge >= 0.3 is 0 Å². The van der Waals surface area contributed by atoms with Crippen molar-refractivity contribution in [2.24, 2.45) is 14.1 Å². The maximum atomic E-state index is 2.17. The molecule has 1 radical (unpaired) electrons. The molecule has 0 fully saturated rings. The van der Waals surface area contributed by atoms with Crippen LogP contribution in [0.5, 0.6) is 0 Å². The Balaban J connectivity index is 2.15. The molecular weight excluding hydrogens is 184 g/mol. The van der Waals surface area contributed by atoms with Crippen molar-refractivity contribution in [3.8, 4) is 0 Å². The average Bonchev–Trinajstić information content (AvgIpc) is 2.25. The first-order valence-electron chi connectivity index (χ1n) is 4.99. The molecule has 75 valence electrons. The number of nitrogens with zero attached hydrogens (tertiary/aromatic N) is 2. The van der Waals surface area contributed by atoms with Gasteiger partial charge < -0.3 is 0 Å². The van der Waals surface area contributed by atoms with Crippen molar-refractivity contribution in [1.82, 2.24) is 0 Å². The first-order valence-corrected chi connectivity index (χ1v) is 4.99. The van der Waals surface area contributed by atoms with Crippen molar-refractivity contribution in [3.63, 3.8) is 0 Å². The van der Waals surface area contributed by atoms with E-state index in [9.17, 15) is 0 Å². The van der Waals surface area contributed by atoms with Crippen molar-refractivity contribution in [1.29, 1.82) is 0 Å². The van der Waals surface area contributed by atoms with Crippen LogP contribution in [0.15, 0.2) is 49.1 Å². The van der Waals surface area contributed by atoms with Crippen molar-refractivity contribution in [3.05, 3.63) is 66.6 Å². The lowest BCUT2D eigenvalue weighted by Gasteiger charge is -1.98. The maximum absolute atomic E-state index is 2.17. The van der Waals surface area contributed by atoms with Crippen LogP contribution in [0.3, 0.4) is 0 Å². The number of aryl methyl sites for hydroxylation is 2. The zero-order valence-corrected chi connectivity index (χ0v) is 9.09. The molecular formula is C13H15N2+2. The summed E-state index contributed by atoms with van der Waals surface area (Å²) in [4.78, 5) is 0. The van der Waals surface area contributed by atoms with Gasteiger partial charge in [-0.15, -0.1) is 0 Å². The first kappa shape index (κ1) is 9.84. The van der Waals surface area contributed by atoms with Crippen molar-refractivity contribution < 1.29 is 9.13 Å². The van der Waals surface area contributed by atoms with Gasteiger partial charge in [-0.3, -0.25) is 0 Å². The lowest BCUT2D eigenvalue weighted by Crippen LogP contribution is -2.26. The summed E-state index contributed by atoms with van der Waals surface area (Å²) in [5.41, 5.74) is 2.45. The molecule has 2 aromatic rings. The van der Waals surface area contributed by atoms with Crippen LogP contribution >= 0.6 is 0 Å². The fourth-order valence-electron chi connectivity index (χ4n) is 1.41. The predicted molar refractivity (Wildman–Crippen MR) is 57.7 cm³/mol. The third-order valence-electron chi connectivity index (χ3n) is 2.34. The first-order chi connectivity index (χ1) is 7.24. The highest BCUT2D eigenvalue weighted by Gasteiger charge is 2.00. The molecule has 0 unspecified atom stereocenters. The standard InChI is InChI=1S/C13H15N2/c1-14-7-3-12(4-8-14)11-13-5-9-15(2)10-6-13/h3-11H,1-2H3/q+2. The lowest BCUT2D eigenvalue weighted by molar-refractivity contribution is -0.671. The maximum Gasteiger partial charge on any atom is 0.168 e. The third kappa shape index (κ3) is 2.62. The molecule has 0 saturated carbocycles. The summed E-state index contributed by atoms with van der Waals surface area (Å²) >= 11 is 0. The number of hydrogen-bond donors (Lipinski definition) is 0. The zero-order valence-electron chi connectivity index (χ0n) is 9.09. The van der Waals surface area contributed by atoms with Crippen LogP contribution in [0.4, 0.5) is 0 Å². The largest absolute Gasteiger partial charge is 0.208 e. The van der Waals surface area contributed by atoms with E-state index in [1.165, 1.54) is 11.1 Å². The molecule has 2 heteroatoms. The molecule has 0 aliphatic heterocycles. The second kappa shape index (κ2) is 4.22. The topological polar surface area (TPSA) is 7.76 Å². The van der Waals surface area contributed by atoms with Gasteiger partial charge in [-0.1, -0.05) is 0 Å². The van der Waals surface area contributed by atoms with Crippen molar-refractivity contribution >= 4 is 0 Å². The summed E-state index contributed by atoms with van der Waals surface area (Å²) in [6.45, 7) is 0. The Labute approximate surface area is 90.4 Å². The SMILES string of the molecule is C[n+]1ccc([CH]c2cc[n+](C)cc2)cc1. The van der Waals surface area contributed by atoms with E-state index in [1.54, 1.807) is 0 Å². The number of hydrogen-bond acceptors (Lipinski definition) is 0. The van der Waals surface area contributed by atoms with Crippen LogP contribution in [-0.4, -0.2) is 0 Å². The minimum atomic E-state index is 1.22. The molecule has 2 nitrogen and oxygen atoms in total. The highest BCUT2D eigenvalue weighted by molar-refractivity contribution is 5.32. The van der Waals surface area contributed by atoms with Crippen molar-refractivity contribution in [2.45, 2.75) is 0 Å². The van der Waals surface area contributed by atoms with E-state index in [0.717, 1.165) is 0 Å². The molecule has 15 heavy (non-hydrogen) atoms. The Hall–Kier alpha value is -1.70. The van der Waals surface area contributed by atoms with Gasteiger partial charge in [-0.05, 0) is 11.1 Å². The molecule has 0 aliphatic rings. The molecule has 0 N–H and O–H groups in total. The second-order valence-electron chi connectivity index (χ2n) is 3.74. The summed E-state index contributed by atoms with van der Waals surface area (Å²) in [5, 5.41) is 0. The molecule has 2 aromatic heterocycles. The summed E-state index contributed by atoms with van der Waals surface area (Å²) in [6, 6.07) is 8.42. The van der Waals surface area contributed by atoms with Crippen molar-refractivity contribution in [2.75, 3.05) is 0 Å². The van der Waals surface area contributed by atoms with Crippen LogP contribution in [-0.2, 0) is 14.1 Å². The van der Waals surface area contributed by atoms with E-state index in [0.29, 0.717) is 0 Å². The van der Waals surface area contributed by atoms with Gasteiger partial charge in [0.05, 0.1) is 0 Å². The van der Waals surface area contributed by atoms with Crippen LogP contribution in [0.2, 0.25) is 0 Å². The number of pyridine rings is 2. The van der Waals surface area contributed by atoms with Crippen LogP contribution in [0.1, 0.15) is 11.1 Å². The average molecular weight is 199 g/mol. The van der Waals surface area contributed by atoms with Gasteiger partial charge in [0.2, 0.25) is 0 Å². The Morgan fingerprint density at radius 3 is 1.40 bits per heavy atom. The van der Waals surface area contributed by atoms with E-state index in [1.807, 2.05) is 23.2 Å². The second-order valence-corrected chi connectivity index (χ2v) is 3.74. The minimum absolute atomic E-state index is 1.22. The Bertz CT molecular complexity index is 386. The smallest absolute Gasteiger partial charge is 0.168 e. The molecule has 0 saturated heterocycles. The van der Waals surface area contributed by atoms with Crippen LogP contribution in [0.25, 0.3) is 0 Å². The van der Waals surface area contributed by atoms with E-state index in [4.69, 9.17) is 0 Å². The fraction of sp³-hybridized carbons (Fsp3) is 0.154. The van der Waals surface area contributed by atoms with E-state index < -0.39 is 0 Å². The summed E-state index contributed by atoms with van der Waals surface area (Å²) in [7, 11) is 4.04. The highest BCUT2D eigenvalue weighted by atomic mass is 14.9. The van der Waals surface area contributed by atoms with Gasteiger partial charge in [0.1, 0.15) is 14.1 Å². The summed E-state index contributed by atoms with van der Waals surface area (Å²) in [5.74, 6) is 0. The summed E-state index contributed by atoms with van der Waals surface area (Å²) < 4.78 is 4.06. The normalized spacial score (nSPS) is 10.3. The Morgan fingerprint density at radius 2 is 1.07 bits per heavy atom. The van der Waals surface area contributed by atoms with E-state index >= 15 is 0 Å². The minimum Gasteiger partial charge on any atom is -0.208 e. The predicted octanol–water partition coefficient (Wildman–Crippen LogP) is 0.936. The molecule has 0 amide bonds. The highest BCUT2D eigenvalue weighted by Crippen LogP contribution is 2.08. The fourth-order valence-corrected chi connectivity index (χ4v) is 1.41. The summed E-state index contributed by atoms with van der Waals surface area (Å²) in [6.07, 6.45) is 10.4. The van der Waals surface area contributed by atoms with Gasteiger partial charge in [-0.25, -0.2) is 9.13 Å². The molecule has 2 rings (SSSR count). The monoisotopic (exact) mass is 199 g/mol. The zero-order chi connectivity index (χ0) is 10.7. The van der Waals surface area contributed by atoms with Gasteiger partial charge in [0, 0.05) is 30.7 Å². The molecule has 0 aromatic carbocycles. The number of rotatable bonds is 2. The molecule has 0 bridgehead atoms. The molecule has 0 spiro atoms. The quantitative estimate of drug-likeness (QED) is 0.636. The molecule has 0 atom stereocenters. The molecule has 2 heterocycles. The lowest BCUT2D eigenvalue weighted by atomic mass is 10.1. The third-order valence-corrected chi connectivity index (χ3v) is 2.34.